The standard InChI is InChI=1S/C22H25N5O3S2/c28-22(24-11-16-5-7-26-8-6-23-21(26)10-16)20-4-3-19(31-20)18-12-25-27(14-18)13-17-2-1-9-32(29,30)15-17/h3-8,10,12,14,17,29-30H,1-2,9,11,13,15H2,(H,24,28). The average molecular weight is 472 g/mol. The lowest BCUT2D eigenvalue weighted by Gasteiger charge is -2.40. The number of carbonyl (C=O) groups excluding carboxylic acids is 1. The predicted molar refractivity (Wildman–Crippen MR) is 127 cm³/mol. The largest absolute Gasteiger partial charge is 0.347 e. The summed E-state index contributed by atoms with van der Waals surface area (Å²) >= 11 is 1.43. The van der Waals surface area contributed by atoms with Crippen molar-refractivity contribution in [3.8, 4) is 10.4 Å². The van der Waals surface area contributed by atoms with Crippen molar-refractivity contribution in [3.63, 3.8) is 0 Å². The van der Waals surface area contributed by atoms with Crippen molar-refractivity contribution in [2.24, 2.45) is 5.92 Å². The molecule has 1 unspecified atom stereocenters. The fraction of sp³-hybridized carbons (Fsp3) is 0.318. The highest BCUT2D eigenvalue weighted by molar-refractivity contribution is 8.24. The fourth-order valence-electron chi connectivity index (χ4n) is 4.09. The second-order valence-electron chi connectivity index (χ2n) is 8.21. The van der Waals surface area contributed by atoms with Crippen LogP contribution in [0.25, 0.3) is 16.1 Å². The van der Waals surface area contributed by atoms with E-state index in [0.717, 1.165) is 34.5 Å². The molecule has 1 aliphatic rings. The Labute approximate surface area is 191 Å². The van der Waals surface area contributed by atoms with E-state index in [1.54, 1.807) is 12.4 Å². The van der Waals surface area contributed by atoms with E-state index in [4.69, 9.17) is 0 Å². The normalized spacial score (nSPS) is 19.1. The van der Waals surface area contributed by atoms with Gasteiger partial charge in [-0.3, -0.25) is 18.6 Å². The smallest absolute Gasteiger partial charge is 0.261 e. The van der Waals surface area contributed by atoms with E-state index in [0.29, 0.717) is 29.5 Å². The predicted octanol–water partition coefficient (Wildman–Crippen LogP) is 4.35. The number of carbonyl (C=O) groups is 1. The molecule has 5 rings (SSSR count). The summed E-state index contributed by atoms with van der Waals surface area (Å²) in [6.07, 6.45) is 11.2. The van der Waals surface area contributed by atoms with Crippen LogP contribution >= 0.6 is 21.9 Å². The highest BCUT2D eigenvalue weighted by Crippen LogP contribution is 2.46. The van der Waals surface area contributed by atoms with Crippen molar-refractivity contribution >= 4 is 33.5 Å². The second-order valence-corrected chi connectivity index (χ2v) is 11.6. The lowest BCUT2D eigenvalue weighted by atomic mass is 10.1. The Hall–Kier alpha value is -2.66. The summed E-state index contributed by atoms with van der Waals surface area (Å²) in [5.41, 5.74) is 2.81. The van der Waals surface area contributed by atoms with Crippen LogP contribution in [0.4, 0.5) is 0 Å². The maximum absolute atomic E-state index is 12.6. The number of pyridine rings is 1. The second kappa shape index (κ2) is 8.70. The molecule has 1 atom stereocenters. The van der Waals surface area contributed by atoms with E-state index >= 15 is 0 Å². The molecule has 4 aromatic rings. The number of amides is 1. The highest BCUT2D eigenvalue weighted by Gasteiger charge is 2.25. The van der Waals surface area contributed by atoms with Crippen LogP contribution in [0, 0.1) is 5.92 Å². The third kappa shape index (κ3) is 4.73. The number of fused-ring (bicyclic) bond motifs is 1. The lowest BCUT2D eigenvalue weighted by Crippen LogP contribution is -2.25. The summed E-state index contributed by atoms with van der Waals surface area (Å²) in [6.45, 7) is 1.11. The van der Waals surface area contributed by atoms with Crippen LogP contribution in [0.15, 0.2) is 55.2 Å². The van der Waals surface area contributed by atoms with Crippen molar-refractivity contribution < 1.29 is 13.9 Å². The van der Waals surface area contributed by atoms with Crippen LogP contribution in [0.2, 0.25) is 0 Å². The third-order valence-corrected chi connectivity index (χ3v) is 8.78. The summed E-state index contributed by atoms with van der Waals surface area (Å²) < 4.78 is 23.8. The summed E-state index contributed by atoms with van der Waals surface area (Å²) in [7, 11) is -2.43. The zero-order chi connectivity index (χ0) is 22.1. The van der Waals surface area contributed by atoms with E-state index in [1.165, 1.54) is 11.3 Å². The van der Waals surface area contributed by atoms with Gasteiger partial charge in [-0.25, -0.2) is 4.98 Å². The van der Waals surface area contributed by atoms with Gasteiger partial charge in [0.25, 0.3) is 5.91 Å². The molecule has 10 heteroatoms. The van der Waals surface area contributed by atoms with Gasteiger partial charge in [-0.2, -0.15) is 15.7 Å². The Kier molecular flexibility index (Phi) is 5.76. The van der Waals surface area contributed by atoms with E-state index in [-0.39, 0.29) is 11.8 Å². The van der Waals surface area contributed by atoms with Gasteiger partial charge in [0, 0.05) is 59.8 Å². The quantitative estimate of drug-likeness (QED) is 0.388. The van der Waals surface area contributed by atoms with E-state index in [1.807, 2.05) is 51.9 Å². The minimum absolute atomic E-state index is 0.107. The maximum atomic E-state index is 12.6. The topological polar surface area (TPSA) is 105 Å². The SMILES string of the molecule is O=C(NCc1ccn2ccnc2c1)c1ccc(-c2cnn(CC3CCCS(O)(O)C3)c2)s1. The van der Waals surface area contributed by atoms with Gasteiger partial charge in [0.1, 0.15) is 5.65 Å². The average Bonchev–Trinajstić information content (AvgIpc) is 3.51. The van der Waals surface area contributed by atoms with Crippen LogP contribution in [0.1, 0.15) is 28.1 Å². The number of nitrogens with zero attached hydrogens (tertiary/aromatic N) is 4. The van der Waals surface area contributed by atoms with E-state index in [2.05, 4.69) is 15.4 Å². The number of rotatable bonds is 6. The monoisotopic (exact) mass is 471 g/mol. The minimum atomic E-state index is -2.43. The Balaban J connectivity index is 1.20. The molecule has 1 amide bonds. The number of hydrogen-bond donors (Lipinski definition) is 3. The molecule has 0 spiro atoms. The van der Waals surface area contributed by atoms with Gasteiger partial charge < -0.3 is 9.72 Å². The third-order valence-electron chi connectivity index (χ3n) is 5.69. The van der Waals surface area contributed by atoms with Crippen LogP contribution in [-0.2, 0) is 13.1 Å². The van der Waals surface area contributed by atoms with Crippen LogP contribution in [0.5, 0.6) is 0 Å². The molecule has 0 saturated carbocycles. The molecule has 3 N–H and O–H groups in total. The van der Waals surface area contributed by atoms with Crippen molar-refractivity contribution in [3.05, 3.63) is 65.7 Å². The number of aromatic nitrogens is 4. The molecular formula is C22H25N5O3S2. The Bertz CT molecular complexity index is 1250. The maximum Gasteiger partial charge on any atom is 0.261 e. The molecule has 4 aromatic heterocycles. The number of imidazole rings is 1. The first kappa shape index (κ1) is 21.2. The Morgan fingerprint density at radius 1 is 1.28 bits per heavy atom. The molecule has 168 valence electrons. The first-order valence-electron chi connectivity index (χ1n) is 10.5. The molecule has 0 aliphatic carbocycles. The molecule has 5 heterocycles. The van der Waals surface area contributed by atoms with Crippen molar-refractivity contribution in [2.45, 2.75) is 25.9 Å². The first-order chi connectivity index (χ1) is 15.4. The Morgan fingerprint density at radius 3 is 3.06 bits per heavy atom. The van der Waals surface area contributed by atoms with Gasteiger partial charge in [-0.15, -0.1) is 11.3 Å². The molecule has 0 aromatic carbocycles. The molecule has 1 aliphatic heterocycles. The Morgan fingerprint density at radius 2 is 2.19 bits per heavy atom. The molecule has 32 heavy (non-hydrogen) atoms. The van der Waals surface area contributed by atoms with Crippen molar-refractivity contribution in [1.29, 1.82) is 0 Å². The summed E-state index contributed by atoms with van der Waals surface area (Å²) in [5, 5.41) is 7.42. The number of thiophene rings is 1. The zero-order valence-electron chi connectivity index (χ0n) is 17.4. The van der Waals surface area contributed by atoms with Gasteiger partial charge in [0.2, 0.25) is 0 Å². The van der Waals surface area contributed by atoms with Gasteiger partial charge in [0.15, 0.2) is 0 Å². The van der Waals surface area contributed by atoms with Crippen LogP contribution < -0.4 is 5.32 Å². The number of nitrogens with one attached hydrogen (secondary N) is 1. The summed E-state index contributed by atoms with van der Waals surface area (Å²) in [4.78, 5) is 18.5. The fourth-order valence-corrected chi connectivity index (χ4v) is 6.81. The van der Waals surface area contributed by atoms with E-state index < -0.39 is 10.6 Å². The van der Waals surface area contributed by atoms with Crippen LogP contribution in [-0.4, -0.2) is 45.7 Å². The molecule has 8 nitrogen and oxygen atoms in total. The first-order valence-corrected chi connectivity index (χ1v) is 13.2. The van der Waals surface area contributed by atoms with Crippen molar-refractivity contribution in [1.82, 2.24) is 24.5 Å². The minimum Gasteiger partial charge on any atom is -0.347 e. The molecule has 1 saturated heterocycles. The zero-order valence-corrected chi connectivity index (χ0v) is 19.1. The number of hydrogen-bond acceptors (Lipinski definition) is 6. The molecule has 0 bridgehead atoms. The van der Waals surface area contributed by atoms with Crippen molar-refractivity contribution in [2.75, 3.05) is 11.5 Å². The summed E-state index contributed by atoms with van der Waals surface area (Å²) in [6, 6.07) is 7.70. The van der Waals surface area contributed by atoms with Gasteiger partial charge in [-0.1, -0.05) is 0 Å². The van der Waals surface area contributed by atoms with E-state index in [9.17, 15) is 13.9 Å². The highest BCUT2D eigenvalue weighted by atomic mass is 32.3. The molecule has 0 radical (unpaired) electrons. The van der Waals surface area contributed by atoms with Crippen LogP contribution in [0.3, 0.4) is 0 Å². The lowest BCUT2D eigenvalue weighted by molar-refractivity contribution is 0.0955. The molecular weight excluding hydrogens is 446 g/mol. The van der Waals surface area contributed by atoms with Gasteiger partial charge >= 0.3 is 0 Å². The van der Waals surface area contributed by atoms with Gasteiger partial charge in [0.05, 0.1) is 11.1 Å². The summed E-state index contributed by atoms with van der Waals surface area (Å²) in [5.74, 6) is 1.10. The molecule has 1 fully saturated rings. The van der Waals surface area contributed by atoms with Gasteiger partial charge in [-0.05, 0) is 48.6 Å².